The first-order valence-corrected chi connectivity index (χ1v) is 10.1. The van der Waals surface area contributed by atoms with Crippen LogP contribution in [0, 0.1) is 6.92 Å². The lowest BCUT2D eigenvalue weighted by atomic mass is 9.98. The Balaban J connectivity index is 1.57. The molecule has 4 rings (SSSR count). The number of nitrogens with one attached hydrogen (secondary N) is 1. The van der Waals surface area contributed by atoms with Crippen LogP contribution in [-0.4, -0.2) is 21.9 Å². The van der Waals surface area contributed by atoms with Crippen molar-refractivity contribution in [3.8, 4) is 0 Å². The molecule has 1 aromatic heterocycles. The summed E-state index contributed by atoms with van der Waals surface area (Å²) in [5, 5.41) is 3.34. The van der Waals surface area contributed by atoms with Crippen molar-refractivity contribution >= 4 is 23.2 Å². The van der Waals surface area contributed by atoms with Gasteiger partial charge >= 0.3 is 0 Å². The molecule has 0 radical (unpaired) electrons. The zero-order chi connectivity index (χ0) is 20.5. The van der Waals surface area contributed by atoms with Crippen molar-refractivity contribution in [3.63, 3.8) is 0 Å². The largest absolute Gasteiger partial charge is 0.324 e. The number of aryl methyl sites for hydroxylation is 1. The number of aromatic nitrogens is 2. The summed E-state index contributed by atoms with van der Waals surface area (Å²) < 4.78 is 0. The van der Waals surface area contributed by atoms with E-state index >= 15 is 0 Å². The molecule has 1 atom stereocenters. The number of amides is 1. The van der Waals surface area contributed by atoms with E-state index in [1.165, 1.54) is 11.1 Å². The minimum absolute atomic E-state index is 0.0623. The third kappa shape index (κ3) is 3.60. The van der Waals surface area contributed by atoms with E-state index in [0.717, 1.165) is 23.4 Å². The predicted molar refractivity (Wildman–Crippen MR) is 117 cm³/mol. The van der Waals surface area contributed by atoms with Crippen molar-refractivity contribution in [2.45, 2.75) is 46.1 Å². The number of para-hydroxylation sites is 2. The molecule has 0 saturated carbocycles. The van der Waals surface area contributed by atoms with Gasteiger partial charge in [0.1, 0.15) is 0 Å². The van der Waals surface area contributed by atoms with E-state index in [2.05, 4.69) is 67.2 Å². The molecule has 2 heterocycles. The van der Waals surface area contributed by atoms with Crippen LogP contribution in [0.2, 0.25) is 0 Å². The van der Waals surface area contributed by atoms with Crippen LogP contribution in [0.4, 0.5) is 17.3 Å². The van der Waals surface area contributed by atoms with E-state index in [-0.39, 0.29) is 11.9 Å². The van der Waals surface area contributed by atoms with E-state index in [0.29, 0.717) is 17.4 Å². The van der Waals surface area contributed by atoms with Gasteiger partial charge in [0.05, 0.1) is 5.56 Å². The highest BCUT2D eigenvalue weighted by Crippen LogP contribution is 2.33. The van der Waals surface area contributed by atoms with Crippen LogP contribution in [-0.2, 0) is 6.42 Å². The van der Waals surface area contributed by atoms with E-state index < -0.39 is 0 Å². The Kier molecular flexibility index (Phi) is 5.05. The van der Waals surface area contributed by atoms with Gasteiger partial charge in [-0.3, -0.25) is 4.79 Å². The second-order valence-electron chi connectivity index (χ2n) is 7.97. The van der Waals surface area contributed by atoms with Crippen molar-refractivity contribution in [3.05, 3.63) is 77.1 Å². The number of carbonyl (C=O) groups is 1. The maximum Gasteiger partial charge on any atom is 0.261 e. The highest BCUT2D eigenvalue weighted by molar-refractivity contribution is 6.07. The molecular weight excluding hydrogens is 360 g/mol. The zero-order valence-electron chi connectivity index (χ0n) is 17.3. The maximum atomic E-state index is 13.1. The van der Waals surface area contributed by atoms with Gasteiger partial charge in [0.25, 0.3) is 5.91 Å². The number of rotatable bonds is 4. The van der Waals surface area contributed by atoms with Crippen LogP contribution < -0.4 is 10.2 Å². The molecule has 0 aliphatic carbocycles. The molecule has 0 spiro atoms. The monoisotopic (exact) mass is 386 g/mol. The summed E-state index contributed by atoms with van der Waals surface area (Å²) in [6.45, 7) is 8.47. The Bertz CT molecular complexity index is 1040. The molecule has 1 aliphatic heterocycles. The van der Waals surface area contributed by atoms with Gasteiger partial charge < -0.3 is 10.2 Å². The molecule has 0 saturated heterocycles. The van der Waals surface area contributed by atoms with Crippen molar-refractivity contribution in [2.75, 3.05) is 10.2 Å². The molecule has 1 aliphatic rings. The molecule has 2 aromatic carbocycles. The number of hydrogen-bond donors (Lipinski definition) is 1. The Labute approximate surface area is 171 Å². The fourth-order valence-electron chi connectivity index (χ4n) is 3.97. The van der Waals surface area contributed by atoms with E-state index in [4.69, 9.17) is 0 Å². The van der Waals surface area contributed by atoms with Crippen LogP contribution >= 0.6 is 0 Å². The fourth-order valence-corrected chi connectivity index (χ4v) is 3.97. The Morgan fingerprint density at radius 1 is 1.10 bits per heavy atom. The minimum atomic E-state index is -0.0623. The maximum absolute atomic E-state index is 13.1. The lowest BCUT2D eigenvalue weighted by Crippen LogP contribution is -2.35. The number of fused-ring (bicyclic) bond motifs is 1. The number of anilines is 3. The van der Waals surface area contributed by atoms with Gasteiger partial charge in [0, 0.05) is 29.8 Å². The van der Waals surface area contributed by atoms with E-state index in [9.17, 15) is 4.79 Å². The fraction of sp³-hybridized carbons (Fsp3) is 0.292. The van der Waals surface area contributed by atoms with Gasteiger partial charge in [-0.1, -0.05) is 50.2 Å². The second kappa shape index (κ2) is 7.66. The van der Waals surface area contributed by atoms with Crippen molar-refractivity contribution in [2.24, 2.45) is 0 Å². The van der Waals surface area contributed by atoms with E-state index in [1.54, 1.807) is 12.4 Å². The first-order valence-electron chi connectivity index (χ1n) is 10.1. The number of nitrogens with zero attached hydrogens (tertiary/aromatic N) is 3. The molecular formula is C24H26N4O. The lowest BCUT2D eigenvalue weighted by molar-refractivity contribution is 0.0981. The topological polar surface area (TPSA) is 58.1 Å². The smallest absolute Gasteiger partial charge is 0.261 e. The summed E-state index contributed by atoms with van der Waals surface area (Å²) >= 11 is 0. The van der Waals surface area contributed by atoms with Gasteiger partial charge in [-0.15, -0.1) is 0 Å². The normalized spacial score (nSPS) is 15.5. The predicted octanol–water partition coefficient (Wildman–Crippen LogP) is 5.24. The molecule has 0 bridgehead atoms. The van der Waals surface area contributed by atoms with Crippen LogP contribution in [0.3, 0.4) is 0 Å². The summed E-state index contributed by atoms with van der Waals surface area (Å²) in [6.07, 6.45) is 4.09. The SMILES string of the molecule is Cc1cccc(C(C)C)c1Nc1ncc(C(=O)N2c3ccccc3CC2C)cn1. The van der Waals surface area contributed by atoms with Crippen LogP contribution in [0.5, 0.6) is 0 Å². The Morgan fingerprint density at radius 2 is 1.83 bits per heavy atom. The highest BCUT2D eigenvalue weighted by Gasteiger charge is 2.31. The standard InChI is InChI=1S/C24H26N4O/c1-15(2)20-10-7-8-16(3)22(20)27-24-25-13-19(14-26-24)23(29)28-17(4)12-18-9-5-6-11-21(18)28/h5-11,13-15,17H,12H2,1-4H3,(H,25,26,27). The quantitative estimate of drug-likeness (QED) is 0.666. The molecule has 148 valence electrons. The third-order valence-electron chi connectivity index (χ3n) is 5.49. The third-order valence-corrected chi connectivity index (χ3v) is 5.49. The molecule has 5 nitrogen and oxygen atoms in total. The average Bonchev–Trinajstić information content (AvgIpc) is 3.05. The summed E-state index contributed by atoms with van der Waals surface area (Å²) in [5.41, 5.74) is 6.07. The average molecular weight is 386 g/mol. The van der Waals surface area contributed by atoms with Gasteiger partial charge in [0.2, 0.25) is 5.95 Å². The minimum Gasteiger partial charge on any atom is -0.324 e. The van der Waals surface area contributed by atoms with Gasteiger partial charge in [-0.25, -0.2) is 9.97 Å². The zero-order valence-corrected chi connectivity index (χ0v) is 17.3. The van der Waals surface area contributed by atoms with Crippen molar-refractivity contribution < 1.29 is 4.79 Å². The van der Waals surface area contributed by atoms with Crippen LogP contribution in [0.15, 0.2) is 54.9 Å². The molecule has 0 fully saturated rings. The molecule has 1 N–H and O–H groups in total. The van der Waals surface area contributed by atoms with Gasteiger partial charge in [-0.2, -0.15) is 0 Å². The number of hydrogen-bond acceptors (Lipinski definition) is 4. The molecule has 5 heteroatoms. The van der Waals surface area contributed by atoms with Crippen LogP contribution in [0.1, 0.15) is 53.7 Å². The van der Waals surface area contributed by atoms with Crippen LogP contribution in [0.25, 0.3) is 0 Å². The summed E-state index contributed by atoms with van der Waals surface area (Å²) in [7, 11) is 0. The van der Waals surface area contributed by atoms with Crippen molar-refractivity contribution in [1.82, 2.24) is 9.97 Å². The Morgan fingerprint density at radius 3 is 2.55 bits per heavy atom. The highest BCUT2D eigenvalue weighted by atomic mass is 16.2. The van der Waals surface area contributed by atoms with Gasteiger partial charge in [-0.05, 0) is 48.9 Å². The molecule has 1 unspecified atom stereocenters. The lowest BCUT2D eigenvalue weighted by Gasteiger charge is -2.22. The van der Waals surface area contributed by atoms with Gasteiger partial charge in [0.15, 0.2) is 0 Å². The van der Waals surface area contributed by atoms with E-state index in [1.807, 2.05) is 23.1 Å². The first kappa shape index (κ1) is 19.1. The summed E-state index contributed by atoms with van der Waals surface area (Å²) in [5.74, 6) is 0.815. The summed E-state index contributed by atoms with van der Waals surface area (Å²) in [4.78, 5) is 23.8. The number of carbonyl (C=O) groups excluding carboxylic acids is 1. The summed E-state index contributed by atoms with van der Waals surface area (Å²) in [6, 6.07) is 14.4. The molecule has 29 heavy (non-hydrogen) atoms. The first-order chi connectivity index (χ1) is 14.0. The number of benzene rings is 2. The Hall–Kier alpha value is -3.21. The van der Waals surface area contributed by atoms with Crippen molar-refractivity contribution in [1.29, 1.82) is 0 Å². The second-order valence-corrected chi connectivity index (χ2v) is 7.97. The molecule has 1 amide bonds. The molecule has 3 aromatic rings.